The second-order valence-electron chi connectivity index (χ2n) is 3.93. The summed E-state index contributed by atoms with van der Waals surface area (Å²) in [5.41, 5.74) is 1.07. The van der Waals surface area contributed by atoms with E-state index >= 15 is 0 Å². The first-order valence-corrected chi connectivity index (χ1v) is 6.01. The molecule has 4 heteroatoms. The number of aliphatic carboxylic acids is 1. The number of halogens is 1. The van der Waals surface area contributed by atoms with Gasteiger partial charge >= 0.3 is 5.97 Å². The van der Waals surface area contributed by atoms with E-state index in [2.05, 4.69) is 5.32 Å². The maximum Gasteiger partial charge on any atom is 0.331 e. The molecule has 0 amide bonds. The van der Waals surface area contributed by atoms with E-state index in [1.807, 2.05) is 0 Å². The van der Waals surface area contributed by atoms with Crippen LogP contribution >= 0.6 is 0 Å². The SMILES string of the molecule is CC/C(=C/CNCCc1ccccc1F)C(=O)O. The average Bonchev–Trinajstić information content (AvgIpc) is 2.35. The molecule has 0 unspecified atom stereocenters. The third-order valence-corrected chi connectivity index (χ3v) is 2.68. The number of carboxylic acids is 1. The van der Waals surface area contributed by atoms with Gasteiger partial charge < -0.3 is 10.4 Å². The molecule has 0 saturated heterocycles. The lowest BCUT2D eigenvalue weighted by molar-refractivity contribution is -0.132. The van der Waals surface area contributed by atoms with E-state index in [1.54, 1.807) is 31.2 Å². The van der Waals surface area contributed by atoms with Crippen LogP contribution in [0.3, 0.4) is 0 Å². The first-order chi connectivity index (χ1) is 8.65. The van der Waals surface area contributed by atoms with E-state index in [1.165, 1.54) is 6.07 Å². The van der Waals surface area contributed by atoms with E-state index in [4.69, 9.17) is 5.11 Å². The van der Waals surface area contributed by atoms with Crippen LogP contribution in [-0.2, 0) is 11.2 Å². The summed E-state index contributed by atoms with van der Waals surface area (Å²) in [6.45, 7) is 2.91. The van der Waals surface area contributed by atoms with Gasteiger partial charge in [-0.25, -0.2) is 9.18 Å². The molecule has 1 aromatic rings. The third-order valence-electron chi connectivity index (χ3n) is 2.68. The molecular weight excluding hydrogens is 233 g/mol. The summed E-state index contributed by atoms with van der Waals surface area (Å²) >= 11 is 0. The van der Waals surface area contributed by atoms with Crippen LogP contribution in [-0.4, -0.2) is 24.2 Å². The Kier molecular flexibility index (Phi) is 6.08. The van der Waals surface area contributed by atoms with Crippen molar-refractivity contribution >= 4 is 5.97 Å². The number of rotatable bonds is 7. The maximum atomic E-state index is 13.3. The number of hydrogen-bond donors (Lipinski definition) is 2. The Morgan fingerprint density at radius 2 is 2.17 bits per heavy atom. The van der Waals surface area contributed by atoms with Gasteiger partial charge in [-0.05, 0) is 31.0 Å². The van der Waals surface area contributed by atoms with E-state index in [9.17, 15) is 9.18 Å². The number of carboxylic acid groups (broad SMARTS) is 1. The van der Waals surface area contributed by atoms with Crippen molar-refractivity contribution in [1.29, 1.82) is 0 Å². The summed E-state index contributed by atoms with van der Waals surface area (Å²) in [5.74, 6) is -1.08. The topological polar surface area (TPSA) is 49.3 Å². The van der Waals surface area contributed by atoms with Crippen LogP contribution in [0, 0.1) is 5.82 Å². The van der Waals surface area contributed by atoms with Gasteiger partial charge in [-0.3, -0.25) is 0 Å². The van der Waals surface area contributed by atoms with E-state index < -0.39 is 5.97 Å². The first-order valence-electron chi connectivity index (χ1n) is 6.01. The van der Waals surface area contributed by atoms with Crippen molar-refractivity contribution in [3.63, 3.8) is 0 Å². The molecule has 0 atom stereocenters. The minimum atomic E-state index is -0.881. The van der Waals surface area contributed by atoms with Crippen LogP contribution in [0.25, 0.3) is 0 Å². The molecular formula is C14H18FNO2. The molecule has 0 aliphatic rings. The second kappa shape index (κ2) is 7.61. The number of hydrogen-bond acceptors (Lipinski definition) is 2. The molecule has 0 aromatic heterocycles. The monoisotopic (exact) mass is 251 g/mol. The highest BCUT2D eigenvalue weighted by Crippen LogP contribution is 2.06. The van der Waals surface area contributed by atoms with Crippen molar-refractivity contribution in [3.8, 4) is 0 Å². The van der Waals surface area contributed by atoms with Gasteiger partial charge in [0.15, 0.2) is 0 Å². The van der Waals surface area contributed by atoms with Crippen LogP contribution < -0.4 is 5.32 Å². The quantitative estimate of drug-likeness (QED) is 0.578. The lowest BCUT2D eigenvalue weighted by Crippen LogP contribution is -2.18. The van der Waals surface area contributed by atoms with Gasteiger partial charge in [0.25, 0.3) is 0 Å². The third kappa shape index (κ3) is 4.67. The fraction of sp³-hybridized carbons (Fsp3) is 0.357. The van der Waals surface area contributed by atoms with Crippen molar-refractivity contribution in [2.45, 2.75) is 19.8 Å². The highest BCUT2D eigenvalue weighted by molar-refractivity contribution is 5.86. The van der Waals surface area contributed by atoms with Crippen molar-refractivity contribution in [1.82, 2.24) is 5.32 Å². The zero-order chi connectivity index (χ0) is 13.4. The molecule has 0 spiro atoms. The van der Waals surface area contributed by atoms with Gasteiger partial charge in [0.05, 0.1) is 0 Å². The highest BCUT2D eigenvalue weighted by Gasteiger charge is 2.03. The minimum Gasteiger partial charge on any atom is -0.478 e. The Bertz CT molecular complexity index is 430. The van der Waals surface area contributed by atoms with Gasteiger partial charge in [-0.15, -0.1) is 0 Å². The van der Waals surface area contributed by atoms with Gasteiger partial charge in [0.2, 0.25) is 0 Å². The van der Waals surface area contributed by atoms with Gasteiger partial charge in [0, 0.05) is 12.1 Å². The normalized spacial score (nSPS) is 11.6. The lowest BCUT2D eigenvalue weighted by atomic mass is 10.1. The van der Waals surface area contributed by atoms with Crippen molar-refractivity contribution in [3.05, 3.63) is 47.3 Å². The smallest absolute Gasteiger partial charge is 0.331 e. The Morgan fingerprint density at radius 3 is 2.78 bits per heavy atom. The molecule has 2 N–H and O–H groups in total. The summed E-state index contributed by atoms with van der Waals surface area (Å²) in [6.07, 6.45) is 2.75. The molecule has 0 radical (unpaired) electrons. The number of nitrogens with one attached hydrogen (secondary N) is 1. The molecule has 1 aromatic carbocycles. The van der Waals surface area contributed by atoms with Crippen molar-refractivity contribution < 1.29 is 14.3 Å². The molecule has 3 nitrogen and oxygen atoms in total. The molecule has 0 aliphatic heterocycles. The van der Waals surface area contributed by atoms with Crippen LogP contribution in [0.5, 0.6) is 0 Å². The number of benzene rings is 1. The molecule has 0 aliphatic carbocycles. The molecule has 0 fully saturated rings. The molecule has 0 heterocycles. The second-order valence-corrected chi connectivity index (χ2v) is 3.93. The summed E-state index contributed by atoms with van der Waals surface area (Å²) < 4.78 is 13.3. The lowest BCUT2D eigenvalue weighted by Gasteiger charge is -2.04. The molecule has 0 bridgehead atoms. The van der Waals surface area contributed by atoms with Gasteiger partial charge in [0.1, 0.15) is 5.82 Å². The Hall–Kier alpha value is -1.68. The van der Waals surface area contributed by atoms with Crippen LogP contribution in [0.2, 0.25) is 0 Å². The predicted octanol–water partition coefficient (Wildman–Crippen LogP) is 2.38. The average molecular weight is 251 g/mol. The molecule has 1 rings (SSSR count). The van der Waals surface area contributed by atoms with Crippen molar-refractivity contribution in [2.75, 3.05) is 13.1 Å². The molecule has 98 valence electrons. The highest BCUT2D eigenvalue weighted by atomic mass is 19.1. The molecule has 18 heavy (non-hydrogen) atoms. The zero-order valence-electron chi connectivity index (χ0n) is 10.4. The largest absolute Gasteiger partial charge is 0.478 e. The van der Waals surface area contributed by atoms with E-state index in [0.717, 1.165) is 0 Å². The van der Waals surface area contributed by atoms with Gasteiger partial charge in [-0.1, -0.05) is 31.2 Å². The maximum absolute atomic E-state index is 13.3. The van der Waals surface area contributed by atoms with E-state index in [0.29, 0.717) is 37.1 Å². The molecule has 0 saturated carbocycles. The van der Waals surface area contributed by atoms with Crippen LogP contribution in [0.15, 0.2) is 35.9 Å². The van der Waals surface area contributed by atoms with Gasteiger partial charge in [-0.2, -0.15) is 0 Å². The Morgan fingerprint density at radius 1 is 1.44 bits per heavy atom. The standard InChI is InChI=1S/C14H18FNO2/c1-2-11(14(17)18)7-9-16-10-8-12-5-3-4-6-13(12)15/h3-7,16H,2,8-10H2,1H3,(H,17,18)/b11-7-. The van der Waals surface area contributed by atoms with E-state index in [-0.39, 0.29) is 5.82 Å². The minimum absolute atomic E-state index is 0.199. The Labute approximate surface area is 106 Å². The Balaban J connectivity index is 2.31. The fourth-order valence-corrected chi connectivity index (χ4v) is 1.60. The summed E-state index contributed by atoms with van der Waals surface area (Å²) in [5, 5.41) is 11.9. The number of carbonyl (C=O) groups is 1. The summed E-state index contributed by atoms with van der Waals surface area (Å²) in [7, 11) is 0. The van der Waals surface area contributed by atoms with Crippen LogP contribution in [0.4, 0.5) is 4.39 Å². The fourth-order valence-electron chi connectivity index (χ4n) is 1.60. The zero-order valence-corrected chi connectivity index (χ0v) is 10.4. The first kappa shape index (κ1) is 14.4. The van der Waals surface area contributed by atoms with Crippen LogP contribution in [0.1, 0.15) is 18.9 Å². The van der Waals surface area contributed by atoms with Crippen molar-refractivity contribution in [2.24, 2.45) is 0 Å². The summed E-state index contributed by atoms with van der Waals surface area (Å²) in [6, 6.07) is 6.66. The summed E-state index contributed by atoms with van der Waals surface area (Å²) in [4.78, 5) is 10.7. The predicted molar refractivity (Wildman–Crippen MR) is 69.0 cm³/mol.